The molecule has 90 valence electrons. The van der Waals surface area contributed by atoms with Crippen molar-refractivity contribution in [1.29, 1.82) is 0 Å². The molecule has 0 aromatic heterocycles. The smallest absolute Gasteiger partial charge is 0.320 e. The highest BCUT2D eigenvalue weighted by atomic mass is 79.9. The van der Waals surface area contributed by atoms with Crippen molar-refractivity contribution in [2.45, 2.75) is 31.1 Å². The second kappa shape index (κ2) is 8.07. The zero-order chi connectivity index (χ0) is 11.8. The number of aliphatic hydroxyl groups is 1. The third-order valence-electron chi connectivity index (χ3n) is 2.19. The van der Waals surface area contributed by atoms with E-state index in [-0.39, 0.29) is 17.4 Å². The summed E-state index contributed by atoms with van der Waals surface area (Å²) >= 11 is 3.29. The first-order valence-corrected chi connectivity index (χ1v) is 6.01. The van der Waals surface area contributed by atoms with Crippen LogP contribution in [0.3, 0.4) is 0 Å². The number of carbonyl (C=O) groups is 1. The highest BCUT2D eigenvalue weighted by Gasteiger charge is 2.20. The largest absolute Gasteiger partial charge is 0.468 e. The van der Waals surface area contributed by atoms with Crippen LogP contribution in [0, 0.1) is 0 Å². The molecule has 15 heavy (non-hydrogen) atoms. The lowest BCUT2D eigenvalue weighted by Crippen LogP contribution is -2.39. The molecule has 0 heterocycles. The van der Waals surface area contributed by atoms with Gasteiger partial charge in [0.15, 0.2) is 0 Å². The van der Waals surface area contributed by atoms with Gasteiger partial charge < -0.3 is 9.84 Å². The number of aliphatic hydroxyl groups excluding tert-OH is 1. The Morgan fingerprint density at radius 3 is 2.53 bits per heavy atom. The third-order valence-corrected chi connectivity index (χ3v) is 2.85. The van der Waals surface area contributed by atoms with Crippen LogP contribution < -0.4 is 0 Å². The van der Waals surface area contributed by atoms with E-state index in [0.29, 0.717) is 12.6 Å². The molecule has 0 spiro atoms. The van der Waals surface area contributed by atoms with Crippen LogP contribution in [0.25, 0.3) is 0 Å². The number of esters is 1. The maximum atomic E-state index is 11.2. The average molecular weight is 282 g/mol. The molecule has 0 saturated carbocycles. The first kappa shape index (κ1) is 14.9. The third kappa shape index (κ3) is 6.12. The van der Waals surface area contributed by atoms with Crippen molar-refractivity contribution < 1.29 is 14.6 Å². The van der Waals surface area contributed by atoms with E-state index in [2.05, 4.69) is 39.4 Å². The van der Waals surface area contributed by atoms with Crippen LogP contribution in [0.1, 0.15) is 20.3 Å². The van der Waals surface area contributed by atoms with Gasteiger partial charge in [0, 0.05) is 25.7 Å². The van der Waals surface area contributed by atoms with E-state index in [1.807, 2.05) is 0 Å². The summed E-state index contributed by atoms with van der Waals surface area (Å²) in [7, 11) is 1.38. The SMILES string of the molecule is COC(=O)C(Br)CN(CCCO)C(C)C. The fourth-order valence-electron chi connectivity index (χ4n) is 1.24. The monoisotopic (exact) mass is 281 g/mol. The predicted octanol–water partition coefficient (Wildman–Crippen LogP) is 1.02. The van der Waals surface area contributed by atoms with Gasteiger partial charge in [0.25, 0.3) is 0 Å². The number of rotatable bonds is 7. The predicted molar refractivity (Wildman–Crippen MR) is 63.1 cm³/mol. The molecule has 1 N–H and O–H groups in total. The number of carbonyl (C=O) groups excluding carboxylic acids is 1. The highest BCUT2D eigenvalue weighted by molar-refractivity contribution is 9.10. The Kier molecular flexibility index (Phi) is 8.00. The maximum Gasteiger partial charge on any atom is 0.320 e. The Bertz CT molecular complexity index is 188. The molecule has 0 fully saturated rings. The molecule has 0 aromatic rings. The van der Waals surface area contributed by atoms with Crippen molar-refractivity contribution in [3.8, 4) is 0 Å². The van der Waals surface area contributed by atoms with Crippen molar-refractivity contribution in [2.24, 2.45) is 0 Å². The number of alkyl halides is 1. The summed E-state index contributed by atoms with van der Waals surface area (Å²) in [5.41, 5.74) is 0. The van der Waals surface area contributed by atoms with E-state index in [0.717, 1.165) is 13.0 Å². The molecule has 4 nitrogen and oxygen atoms in total. The van der Waals surface area contributed by atoms with Gasteiger partial charge in [-0.2, -0.15) is 0 Å². The topological polar surface area (TPSA) is 49.8 Å². The first-order valence-electron chi connectivity index (χ1n) is 5.09. The molecule has 0 rings (SSSR count). The Balaban J connectivity index is 4.09. The lowest BCUT2D eigenvalue weighted by molar-refractivity contribution is -0.140. The highest BCUT2D eigenvalue weighted by Crippen LogP contribution is 2.08. The minimum atomic E-state index is -0.302. The summed E-state index contributed by atoms with van der Waals surface area (Å²) in [5, 5.41) is 8.76. The number of halogens is 1. The van der Waals surface area contributed by atoms with Crippen LogP contribution in [-0.4, -0.2) is 53.7 Å². The van der Waals surface area contributed by atoms with Crippen molar-refractivity contribution in [3.05, 3.63) is 0 Å². The van der Waals surface area contributed by atoms with Crippen molar-refractivity contribution >= 4 is 21.9 Å². The molecule has 0 bridgehead atoms. The van der Waals surface area contributed by atoms with Gasteiger partial charge in [-0.05, 0) is 20.3 Å². The molecule has 0 aliphatic heterocycles. The summed E-state index contributed by atoms with van der Waals surface area (Å²) in [4.78, 5) is 13.0. The van der Waals surface area contributed by atoms with E-state index in [1.165, 1.54) is 7.11 Å². The van der Waals surface area contributed by atoms with Crippen LogP contribution in [0.2, 0.25) is 0 Å². The second-order valence-corrected chi connectivity index (χ2v) is 4.76. The normalized spacial score (nSPS) is 13.3. The Labute approximate surface area is 99.7 Å². The van der Waals surface area contributed by atoms with Gasteiger partial charge >= 0.3 is 5.97 Å². The number of methoxy groups -OCH3 is 1. The molecule has 0 aromatic carbocycles. The molecular formula is C10H20BrNO3. The van der Waals surface area contributed by atoms with Gasteiger partial charge in [-0.1, -0.05) is 15.9 Å². The number of nitrogens with zero attached hydrogens (tertiary/aromatic N) is 1. The van der Waals surface area contributed by atoms with Crippen LogP contribution in [0.15, 0.2) is 0 Å². The summed E-state index contributed by atoms with van der Waals surface area (Å²) < 4.78 is 4.64. The molecule has 1 atom stereocenters. The van der Waals surface area contributed by atoms with E-state index in [9.17, 15) is 4.79 Å². The van der Waals surface area contributed by atoms with Gasteiger partial charge in [-0.3, -0.25) is 9.69 Å². The lowest BCUT2D eigenvalue weighted by atomic mass is 10.2. The minimum absolute atomic E-state index is 0.175. The Morgan fingerprint density at radius 2 is 2.13 bits per heavy atom. The van der Waals surface area contributed by atoms with Crippen LogP contribution >= 0.6 is 15.9 Å². The molecule has 0 saturated heterocycles. The van der Waals surface area contributed by atoms with Crippen molar-refractivity contribution in [1.82, 2.24) is 4.90 Å². The average Bonchev–Trinajstić information content (AvgIpc) is 2.22. The number of hydrogen-bond donors (Lipinski definition) is 1. The lowest BCUT2D eigenvalue weighted by Gasteiger charge is -2.27. The molecule has 0 amide bonds. The zero-order valence-corrected chi connectivity index (χ0v) is 11.2. The molecular weight excluding hydrogens is 262 g/mol. The first-order chi connectivity index (χ1) is 7.02. The zero-order valence-electron chi connectivity index (χ0n) is 9.57. The van der Waals surface area contributed by atoms with Gasteiger partial charge in [-0.15, -0.1) is 0 Å². The minimum Gasteiger partial charge on any atom is -0.468 e. The van der Waals surface area contributed by atoms with E-state index in [4.69, 9.17) is 5.11 Å². The van der Waals surface area contributed by atoms with Gasteiger partial charge in [0.2, 0.25) is 0 Å². The van der Waals surface area contributed by atoms with Gasteiger partial charge in [0.1, 0.15) is 4.83 Å². The summed E-state index contributed by atoms with van der Waals surface area (Å²) in [6, 6.07) is 0.348. The van der Waals surface area contributed by atoms with Crippen molar-refractivity contribution in [3.63, 3.8) is 0 Å². The molecule has 0 aliphatic carbocycles. The fourth-order valence-corrected chi connectivity index (χ4v) is 1.80. The Morgan fingerprint density at radius 1 is 1.53 bits per heavy atom. The molecule has 1 unspecified atom stereocenters. The van der Waals surface area contributed by atoms with Crippen LogP contribution in [0.4, 0.5) is 0 Å². The van der Waals surface area contributed by atoms with E-state index in [1.54, 1.807) is 0 Å². The van der Waals surface area contributed by atoms with Crippen molar-refractivity contribution in [2.75, 3.05) is 26.8 Å². The van der Waals surface area contributed by atoms with E-state index >= 15 is 0 Å². The molecule has 0 radical (unpaired) electrons. The standard InChI is InChI=1S/C10H20BrNO3/c1-8(2)12(5-4-6-13)7-9(11)10(14)15-3/h8-9,13H,4-7H2,1-3H3. The summed E-state index contributed by atoms with van der Waals surface area (Å²) in [6.07, 6.45) is 0.721. The van der Waals surface area contributed by atoms with Gasteiger partial charge in [0.05, 0.1) is 7.11 Å². The van der Waals surface area contributed by atoms with E-state index < -0.39 is 0 Å². The van der Waals surface area contributed by atoms with Gasteiger partial charge in [-0.25, -0.2) is 0 Å². The summed E-state index contributed by atoms with van der Waals surface area (Å²) in [6.45, 7) is 5.69. The number of hydrogen-bond acceptors (Lipinski definition) is 4. The Hall–Kier alpha value is -0.130. The number of ether oxygens (including phenoxy) is 1. The van der Waals surface area contributed by atoms with Crippen LogP contribution in [0.5, 0.6) is 0 Å². The van der Waals surface area contributed by atoms with Crippen LogP contribution in [-0.2, 0) is 9.53 Å². The quantitative estimate of drug-likeness (QED) is 0.559. The summed E-state index contributed by atoms with van der Waals surface area (Å²) in [5.74, 6) is -0.260. The second-order valence-electron chi connectivity index (χ2n) is 3.66. The molecule has 5 heteroatoms. The fraction of sp³-hybridized carbons (Fsp3) is 0.900. The molecule has 0 aliphatic rings. The maximum absolute atomic E-state index is 11.2.